The molecule has 0 aromatic heterocycles. The van der Waals surface area contributed by atoms with Crippen molar-refractivity contribution in [2.45, 2.75) is 0 Å². The summed E-state index contributed by atoms with van der Waals surface area (Å²) in [6.07, 6.45) is -0.499. The minimum atomic E-state index is -1.36. The molecule has 0 radical (unpaired) electrons. The van der Waals surface area contributed by atoms with Gasteiger partial charge in [0.25, 0.3) is 0 Å². The van der Waals surface area contributed by atoms with Crippen LogP contribution in [0.5, 0.6) is 0 Å². The van der Waals surface area contributed by atoms with E-state index in [-0.39, 0.29) is 0 Å². The summed E-state index contributed by atoms with van der Waals surface area (Å²) in [6, 6.07) is 0. The number of rotatable bonds is 1. The Balaban J connectivity index is 3.14. The summed E-state index contributed by atoms with van der Waals surface area (Å²) in [5, 5.41) is 7.71. The van der Waals surface area contributed by atoms with Crippen LogP contribution in [0.15, 0.2) is 11.8 Å². The van der Waals surface area contributed by atoms with Gasteiger partial charge in [-0.05, 0) is 0 Å². The molecule has 0 spiro atoms. The van der Waals surface area contributed by atoms with Crippen LogP contribution in [-0.2, 0) is 4.74 Å². The van der Waals surface area contributed by atoms with Gasteiger partial charge in [-0.3, -0.25) is 0 Å². The molecule has 0 saturated carbocycles. The molecule has 0 amide bonds. The highest BCUT2D eigenvalue weighted by atomic mass is 35.5. The van der Waals surface area contributed by atoms with Crippen LogP contribution >= 0.6 is 11.6 Å². The van der Waals surface area contributed by atoms with E-state index in [0.29, 0.717) is 0 Å². The van der Waals surface area contributed by atoms with Gasteiger partial charge in [-0.2, -0.15) is 0 Å². The van der Waals surface area contributed by atoms with Crippen molar-refractivity contribution in [1.29, 1.82) is 0 Å². The molecule has 1 N–H and O–H groups in total. The van der Waals surface area contributed by atoms with Crippen molar-refractivity contribution in [1.82, 2.24) is 0 Å². The first kappa shape index (κ1) is 6.30. The molecule has 0 aliphatic heterocycles. The zero-order valence-electron chi connectivity index (χ0n) is 3.30. The van der Waals surface area contributed by atoms with E-state index in [2.05, 4.69) is 4.74 Å². The summed E-state index contributed by atoms with van der Waals surface area (Å²) in [7, 11) is 0. The highest BCUT2D eigenvalue weighted by Crippen LogP contribution is 1.80. The van der Waals surface area contributed by atoms with Gasteiger partial charge in [0.15, 0.2) is 0 Å². The number of halogens is 1. The Bertz CT molecular complexity index is 88.2. The molecule has 0 fully saturated rings. The summed E-state index contributed by atoms with van der Waals surface area (Å²) in [5.74, 6) is 0. The fourth-order valence-electron chi connectivity index (χ4n) is 0.0839. The molecule has 0 bridgehead atoms. The van der Waals surface area contributed by atoms with Gasteiger partial charge in [0.05, 0.1) is 0 Å². The van der Waals surface area contributed by atoms with E-state index in [9.17, 15) is 4.79 Å². The van der Waals surface area contributed by atoms with Gasteiger partial charge >= 0.3 is 6.16 Å². The molecule has 7 heavy (non-hydrogen) atoms. The molecular formula is C3H3ClO3. The predicted octanol–water partition coefficient (Wildman–Crippen LogP) is 1.39. The predicted molar refractivity (Wildman–Crippen MR) is 24.1 cm³/mol. The number of carbonyl (C=O) groups is 1. The zero-order valence-corrected chi connectivity index (χ0v) is 4.05. The molecule has 40 valence electrons. The minimum absolute atomic E-state index is 0.865. The van der Waals surface area contributed by atoms with Gasteiger partial charge in [0.2, 0.25) is 0 Å². The van der Waals surface area contributed by atoms with Crippen molar-refractivity contribution >= 4 is 17.8 Å². The van der Waals surface area contributed by atoms with Gasteiger partial charge in [-0.15, -0.1) is 0 Å². The molecule has 0 atom stereocenters. The third-order valence-corrected chi connectivity index (χ3v) is 0.323. The van der Waals surface area contributed by atoms with Gasteiger partial charge in [-0.1, -0.05) is 11.6 Å². The van der Waals surface area contributed by atoms with Crippen LogP contribution in [0, 0.1) is 0 Å². The molecule has 0 saturated heterocycles. The second-order valence-electron chi connectivity index (χ2n) is 0.646. The lowest BCUT2D eigenvalue weighted by molar-refractivity contribution is 0.128. The maximum atomic E-state index is 9.43. The van der Waals surface area contributed by atoms with Crippen molar-refractivity contribution in [2.24, 2.45) is 0 Å². The Labute approximate surface area is 45.2 Å². The number of ether oxygens (including phenoxy) is 1. The lowest BCUT2D eigenvalue weighted by Gasteiger charge is -1.82. The van der Waals surface area contributed by atoms with Crippen LogP contribution in [0.25, 0.3) is 0 Å². The number of carboxylic acid groups (broad SMARTS) is 1. The molecule has 0 aromatic carbocycles. The third kappa shape index (κ3) is 5.30. The number of hydrogen-bond donors (Lipinski definition) is 1. The van der Waals surface area contributed by atoms with Crippen molar-refractivity contribution in [3.05, 3.63) is 11.8 Å². The first-order valence-corrected chi connectivity index (χ1v) is 1.86. The second kappa shape index (κ2) is 3.49. The molecule has 0 rings (SSSR count). The molecule has 0 unspecified atom stereocenters. The monoisotopic (exact) mass is 122 g/mol. The van der Waals surface area contributed by atoms with Crippen LogP contribution in [-0.4, -0.2) is 11.3 Å². The van der Waals surface area contributed by atoms with Gasteiger partial charge in [-0.25, -0.2) is 4.79 Å². The average molecular weight is 123 g/mol. The topological polar surface area (TPSA) is 46.5 Å². The Morgan fingerprint density at radius 2 is 2.43 bits per heavy atom. The van der Waals surface area contributed by atoms with Crippen molar-refractivity contribution in [3.8, 4) is 0 Å². The standard InChI is InChI=1S/C3H3ClO3/c4-1-2-7-3(5)6/h1-2H,(H,5,6). The van der Waals surface area contributed by atoms with Crippen molar-refractivity contribution in [2.75, 3.05) is 0 Å². The molecule has 4 heteroatoms. The van der Waals surface area contributed by atoms with Crippen LogP contribution in [0.3, 0.4) is 0 Å². The summed E-state index contributed by atoms with van der Waals surface area (Å²) >= 11 is 4.88. The molecule has 0 aliphatic carbocycles. The third-order valence-electron chi connectivity index (χ3n) is 0.220. The summed E-state index contributed by atoms with van der Waals surface area (Å²) < 4.78 is 3.80. The van der Waals surface area contributed by atoms with Crippen LogP contribution < -0.4 is 0 Å². The highest BCUT2D eigenvalue weighted by molar-refractivity contribution is 6.25. The van der Waals surface area contributed by atoms with E-state index >= 15 is 0 Å². The van der Waals surface area contributed by atoms with Gasteiger partial charge in [0.1, 0.15) is 6.26 Å². The van der Waals surface area contributed by atoms with E-state index in [0.717, 1.165) is 11.8 Å². The van der Waals surface area contributed by atoms with Crippen LogP contribution in [0.2, 0.25) is 0 Å². The average Bonchev–Trinajstić information content (AvgIpc) is 1.61. The lowest BCUT2D eigenvalue weighted by atomic mass is 11.1. The van der Waals surface area contributed by atoms with Crippen molar-refractivity contribution in [3.63, 3.8) is 0 Å². The summed E-state index contributed by atoms with van der Waals surface area (Å²) in [5.41, 5.74) is 0.966. The maximum Gasteiger partial charge on any atom is 0.510 e. The van der Waals surface area contributed by atoms with E-state index in [1.54, 1.807) is 0 Å². The molecule has 0 aliphatic rings. The van der Waals surface area contributed by atoms with E-state index < -0.39 is 6.16 Å². The zero-order chi connectivity index (χ0) is 5.70. The first-order chi connectivity index (χ1) is 3.27. The quantitative estimate of drug-likeness (QED) is 0.422. The molecular weight excluding hydrogens is 119 g/mol. The summed E-state index contributed by atoms with van der Waals surface area (Å²) in [4.78, 5) is 9.43. The lowest BCUT2D eigenvalue weighted by Crippen LogP contribution is -1.90. The fourth-order valence-corrected chi connectivity index (χ4v) is 0.135. The van der Waals surface area contributed by atoms with E-state index in [1.165, 1.54) is 0 Å². The molecule has 3 nitrogen and oxygen atoms in total. The Kier molecular flexibility index (Phi) is 3.14. The second-order valence-corrected chi connectivity index (χ2v) is 0.898. The number of hydrogen-bond acceptors (Lipinski definition) is 2. The molecule has 0 heterocycles. The van der Waals surface area contributed by atoms with Gasteiger partial charge in [0, 0.05) is 5.54 Å². The molecule has 0 aromatic rings. The fraction of sp³-hybridized carbons (Fsp3) is 0. The largest absolute Gasteiger partial charge is 0.510 e. The van der Waals surface area contributed by atoms with Crippen LogP contribution in [0.1, 0.15) is 0 Å². The van der Waals surface area contributed by atoms with E-state index in [1.807, 2.05) is 0 Å². The Morgan fingerprint density at radius 1 is 1.86 bits per heavy atom. The van der Waals surface area contributed by atoms with Gasteiger partial charge < -0.3 is 9.84 Å². The van der Waals surface area contributed by atoms with Crippen molar-refractivity contribution < 1.29 is 14.6 Å². The van der Waals surface area contributed by atoms with E-state index in [4.69, 9.17) is 16.7 Å². The summed E-state index contributed by atoms with van der Waals surface area (Å²) in [6.45, 7) is 0. The maximum absolute atomic E-state index is 9.43. The smallest absolute Gasteiger partial charge is 0.449 e. The highest BCUT2D eigenvalue weighted by Gasteiger charge is 1.85. The minimum Gasteiger partial charge on any atom is -0.449 e. The first-order valence-electron chi connectivity index (χ1n) is 1.42. The Morgan fingerprint density at radius 3 is 2.57 bits per heavy atom. The Hall–Kier alpha value is -0.700. The normalized spacial score (nSPS) is 9.29. The SMILES string of the molecule is O=C(O)OC=CCl. The van der Waals surface area contributed by atoms with Crippen LogP contribution in [0.4, 0.5) is 4.79 Å².